The fourth-order valence-corrected chi connectivity index (χ4v) is 5.10. The van der Waals surface area contributed by atoms with E-state index in [1.807, 2.05) is 35.6 Å². The zero-order valence-corrected chi connectivity index (χ0v) is 22.3. The van der Waals surface area contributed by atoms with E-state index in [2.05, 4.69) is 25.7 Å². The summed E-state index contributed by atoms with van der Waals surface area (Å²) < 4.78 is 99.2. The van der Waals surface area contributed by atoms with E-state index >= 15 is 4.39 Å². The van der Waals surface area contributed by atoms with Crippen molar-refractivity contribution in [2.75, 3.05) is 0 Å². The number of H-pyrrole nitrogens is 1. The highest BCUT2D eigenvalue weighted by Gasteiger charge is 2.61. The largest absolute Gasteiger partial charge is 0.416 e. The van der Waals surface area contributed by atoms with Gasteiger partial charge >= 0.3 is 12.4 Å². The number of aryl methyl sites for hydroxylation is 1. The zero-order valence-electron chi connectivity index (χ0n) is 22.3. The Bertz CT molecular complexity index is 1610. The third-order valence-electron chi connectivity index (χ3n) is 7.16. The van der Waals surface area contributed by atoms with Crippen LogP contribution in [0.2, 0.25) is 0 Å². The summed E-state index contributed by atoms with van der Waals surface area (Å²) in [5.74, 6) is -2.74. The molecular weight excluding hydrogens is 583 g/mol. The molecule has 0 spiro atoms. The molecular formula is C28H24F7N7O. The van der Waals surface area contributed by atoms with Crippen molar-refractivity contribution < 1.29 is 35.5 Å². The van der Waals surface area contributed by atoms with Crippen LogP contribution in [0.3, 0.4) is 0 Å². The van der Waals surface area contributed by atoms with Crippen LogP contribution in [-0.2, 0) is 23.3 Å². The maximum absolute atomic E-state index is 15.5. The fraction of sp³-hybridized carbons (Fsp3) is 0.321. The number of carbonyl (C=O) groups is 1. The quantitative estimate of drug-likeness (QED) is 0.187. The molecule has 5 rings (SSSR count). The number of amides is 1. The van der Waals surface area contributed by atoms with Crippen molar-refractivity contribution in [3.63, 3.8) is 0 Å². The molecule has 0 radical (unpaired) electrons. The van der Waals surface area contributed by atoms with Gasteiger partial charge in [0.2, 0.25) is 5.82 Å². The minimum atomic E-state index is -5.18. The lowest BCUT2D eigenvalue weighted by atomic mass is 9.77. The molecule has 1 aliphatic rings. The van der Waals surface area contributed by atoms with Crippen molar-refractivity contribution in [2.45, 2.75) is 56.5 Å². The summed E-state index contributed by atoms with van der Waals surface area (Å²) in [7, 11) is 0. The maximum Gasteiger partial charge on any atom is 0.416 e. The van der Waals surface area contributed by atoms with E-state index in [0.717, 1.165) is 17.7 Å². The van der Waals surface area contributed by atoms with Gasteiger partial charge in [0.15, 0.2) is 5.54 Å². The summed E-state index contributed by atoms with van der Waals surface area (Å²) in [5.41, 5.74) is -3.40. The molecule has 3 heterocycles. The Morgan fingerprint density at radius 1 is 0.953 bits per heavy atom. The predicted molar refractivity (Wildman–Crippen MR) is 139 cm³/mol. The molecule has 2 aromatic heterocycles. The van der Waals surface area contributed by atoms with Crippen LogP contribution < -0.4 is 5.32 Å². The molecule has 0 saturated carbocycles. The van der Waals surface area contributed by atoms with Crippen molar-refractivity contribution in [1.29, 1.82) is 0 Å². The second kappa shape index (κ2) is 11.6. The van der Waals surface area contributed by atoms with Crippen LogP contribution >= 0.6 is 0 Å². The van der Waals surface area contributed by atoms with E-state index < -0.39 is 48.0 Å². The number of aromatic amines is 1. The number of alkyl halides is 6. The van der Waals surface area contributed by atoms with E-state index in [4.69, 9.17) is 0 Å². The van der Waals surface area contributed by atoms with Gasteiger partial charge in [-0.1, -0.05) is 42.5 Å². The van der Waals surface area contributed by atoms with Gasteiger partial charge in [-0.2, -0.15) is 36.7 Å². The Labute approximate surface area is 240 Å². The van der Waals surface area contributed by atoms with Gasteiger partial charge < -0.3 is 5.32 Å². The van der Waals surface area contributed by atoms with Crippen LogP contribution in [-0.4, -0.2) is 48.7 Å². The fourth-order valence-electron chi connectivity index (χ4n) is 5.10. The monoisotopic (exact) mass is 607 g/mol. The third-order valence-corrected chi connectivity index (χ3v) is 7.16. The van der Waals surface area contributed by atoms with Gasteiger partial charge in [0.05, 0.1) is 17.8 Å². The Morgan fingerprint density at radius 3 is 2.37 bits per heavy atom. The van der Waals surface area contributed by atoms with Crippen LogP contribution in [0.25, 0.3) is 11.1 Å². The summed E-state index contributed by atoms with van der Waals surface area (Å²) >= 11 is 0. The number of tetrazole rings is 1. The Kier molecular flexibility index (Phi) is 8.08. The smallest absolute Gasteiger partial charge is 0.334 e. The molecule has 15 heteroatoms. The number of nitrogens with one attached hydrogen (secondary N) is 2. The number of unbranched alkanes of at least 4 members (excludes halogenated alkanes) is 1. The lowest BCUT2D eigenvalue weighted by Crippen LogP contribution is -2.59. The molecule has 1 amide bonds. The van der Waals surface area contributed by atoms with E-state index in [1.165, 1.54) is 16.8 Å². The number of aromatic nitrogens is 6. The first kappa shape index (κ1) is 29.9. The summed E-state index contributed by atoms with van der Waals surface area (Å²) in [6, 6.07) is 13.6. The highest BCUT2D eigenvalue weighted by molar-refractivity contribution is 6.27. The second-order valence-corrected chi connectivity index (χ2v) is 10.1. The third kappa shape index (κ3) is 6.44. The lowest BCUT2D eigenvalue weighted by Gasteiger charge is -2.41. The topological polar surface area (TPSA) is 101 Å². The van der Waals surface area contributed by atoms with Gasteiger partial charge in [-0.05, 0) is 53.3 Å². The number of nitrogens with zero attached hydrogens (tertiary/aromatic N) is 5. The van der Waals surface area contributed by atoms with Crippen LogP contribution in [0.4, 0.5) is 30.7 Å². The molecule has 4 aromatic rings. The van der Waals surface area contributed by atoms with E-state index in [-0.39, 0.29) is 47.5 Å². The van der Waals surface area contributed by atoms with E-state index in [0.29, 0.717) is 6.54 Å². The maximum atomic E-state index is 15.5. The van der Waals surface area contributed by atoms with Crippen molar-refractivity contribution in [3.8, 4) is 0 Å². The molecule has 226 valence electrons. The Hall–Kier alpha value is -4.56. The number of hydrogen-bond acceptors (Lipinski definition) is 5. The van der Waals surface area contributed by atoms with Gasteiger partial charge in [-0.25, -0.2) is 4.39 Å². The number of hydrogen-bond donors (Lipinski definition) is 2. The van der Waals surface area contributed by atoms with Crippen molar-refractivity contribution in [1.82, 2.24) is 35.7 Å². The van der Waals surface area contributed by atoms with Crippen LogP contribution in [0.15, 0.2) is 60.8 Å². The average molecular weight is 608 g/mol. The summed E-state index contributed by atoms with van der Waals surface area (Å²) in [5, 5.41) is 19.5. The molecule has 0 aliphatic carbocycles. The summed E-state index contributed by atoms with van der Waals surface area (Å²) in [6.07, 6.45) is -10.1. The predicted octanol–water partition coefficient (Wildman–Crippen LogP) is 5.75. The first-order chi connectivity index (χ1) is 20.4. The van der Waals surface area contributed by atoms with Crippen LogP contribution in [0.5, 0.6) is 0 Å². The average Bonchev–Trinajstić information content (AvgIpc) is 3.63. The van der Waals surface area contributed by atoms with Crippen molar-refractivity contribution in [3.05, 3.63) is 94.8 Å². The lowest BCUT2D eigenvalue weighted by molar-refractivity contribution is -0.202. The number of carbonyl (C=O) groups excluding carboxylic acids is 1. The number of rotatable bonds is 9. The SMILES string of the molecule is O=C1N[C@@](c2ccc(CCCCC(F)(F)F)cc2F)(C(F)(F)F)CC(c2ccn(Cc3ccccc3)n2)=C1c1nn[nH]n1. The van der Waals surface area contributed by atoms with Crippen molar-refractivity contribution in [2.24, 2.45) is 0 Å². The molecule has 0 fully saturated rings. The molecule has 0 saturated heterocycles. The molecule has 8 nitrogen and oxygen atoms in total. The van der Waals surface area contributed by atoms with Crippen LogP contribution in [0, 0.1) is 5.82 Å². The second-order valence-electron chi connectivity index (χ2n) is 10.1. The highest BCUT2D eigenvalue weighted by Crippen LogP contribution is 2.50. The minimum absolute atomic E-state index is 0.0286. The van der Waals surface area contributed by atoms with E-state index in [1.54, 1.807) is 6.20 Å². The zero-order chi connectivity index (χ0) is 30.8. The normalized spacial score (nSPS) is 17.8. The van der Waals surface area contributed by atoms with Gasteiger partial charge in [0, 0.05) is 24.6 Å². The molecule has 43 heavy (non-hydrogen) atoms. The Morgan fingerprint density at radius 2 is 1.72 bits per heavy atom. The van der Waals surface area contributed by atoms with Gasteiger partial charge in [0.25, 0.3) is 5.91 Å². The summed E-state index contributed by atoms with van der Waals surface area (Å²) in [6.45, 7) is 0.293. The highest BCUT2D eigenvalue weighted by atomic mass is 19.4. The summed E-state index contributed by atoms with van der Waals surface area (Å²) in [4.78, 5) is 13.4. The van der Waals surface area contributed by atoms with E-state index in [9.17, 15) is 31.1 Å². The Balaban J connectivity index is 1.52. The minimum Gasteiger partial charge on any atom is -0.334 e. The van der Waals surface area contributed by atoms with Gasteiger partial charge in [-0.15, -0.1) is 10.2 Å². The first-order valence-corrected chi connectivity index (χ1v) is 13.2. The molecule has 1 aliphatic heterocycles. The van der Waals surface area contributed by atoms with Gasteiger partial charge in [-0.3, -0.25) is 9.48 Å². The molecule has 0 unspecified atom stereocenters. The van der Waals surface area contributed by atoms with Crippen molar-refractivity contribution >= 4 is 17.1 Å². The number of benzene rings is 2. The molecule has 0 bridgehead atoms. The first-order valence-electron chi connectivity index (χ1n) is 13.2. The standard InChI is InChI=1S/C28H24F7N7O/c29-21-14-17(6-4-5-12-27(30,31)32)9-10-20(21)26(28(33,34)35)15-19(23(25(43)36-26)24-37-40-41-38-24)22-11-13-42(39-22)16-18-7-2-1-3-8-18/h1-3,7-11,13-14H,4-6,12,15-16H2,(H,36,43)(H,37,38,40,41)/t26-/m0/s1. The molecule has 1 atom stereocenters. The molecule has 2 N–H and O–H groups in total. The number of halogens is 7. The van der Waals surface area contributed by atoms with Crippen LogP contribution in [0.1, 0.15) is 53.9 Å². The molecule has 2 aromatic carbocycles. The van der Waals surface area contributed by atoms with Gasteiger partial charge in [0.1, 0.15) is 5.82 Å².